The van der Waals surface area contributed by atoms with Gasteiger partial charge in [-0.25, -0.2) is 0 Å². The van der Waals surface area contributed by atoms with Crippen LogP contribution in [-0.4, -0.2) is 46.4 Å². The smallest absolute Gasteiger partial charge is 0.203 e. The molecule has 7 nitrogen and oxygen atoms in total. The highest BCUT2D eigenvalue weighted by molar-refractivity contribution is 6.08. The van der Waals surface area contributed by atoms with Gasteiger partial charge >= 0.3 is 0 Å². The van der Waals surface area contributed by atoms with Crippen LogP contribution in [0.4, 0.5) is 0 Å². The first-order valence-electron chi connectivity index (χ1n) is 8.10. The van der Waals surface area contributed by atoms with Crippen LogP contribution in [0, 0.1) is 0 Å². The van der Waals surface area contributed by atoms with Crippen LogP contribution in [-0.2, 0) is 0 Å². The molecule has 0 aliphatic rings. The third-order valence-electron chi connectivity index (χ3n) is 3.98. The van der Waals surface area contributed by atoms with E-state index < -0.39 is 0 Å². The predicted molar refractivity (Wildman–Crippen MR) is 102 cm³/mol. The summed E-state index contributed by atoms with van der Waals surface area (Å²) in [5.41, 5.74) is 1.56. The molecule has 0 unspecified atom stereocenters. The average molecular weight is 373 g/mol. The van der Waals surface area contributed by atoms with Crippen molar-refractivity contribution < 1.29 is 28.8 Å². The summed E-state index contributed by atoms with van der Waals surface area (Å²) < 4.78 is 21.0. The number of benzene rings is 2. The number of methoxy groups -OCH3 is 4. The number of phenols is 1. The highest BCUT2D eigenvalue weighted by Gasteiger charge is 2.16. The predicted octanol–water partition coefficient (Wildman–Crippen LogP) is 2.87. The normalized spacial score (nSPS) is 10.9. The van der Waals surface area contributed by atoms with Gasteiger partial charge in [0.2, 0.25) is 5.75 Å². The summed E-state index contributed by atoms with van der Waals surface area (Å²) >= 11 is 0. The van der Waals surface area contributed by atoms with E-state index in [9.17, 15) is 9.90 Å². The summed E-state index contributed by atoms with van der Waals surface area (Å²) in [7, 11) is 7.71. The Morgan fingerprint density at radius 1 is 0.889 bits per heavy atom. The fraction of sp³-hybridized carbons (Fsp3) is 0.250. The maximum absolute atomic E-state index is 12.6. The Morgan fingerprint density at radius 2 is 1.48 bits per heavy atom. The fourth-order valence-electron chi connectivity index (χ4n) is 2.59. The lowest BCUT2D eigenvalue weighted by Gasteiger charge is -2.15. The minimum atomic E-state index is -0.286. The zero-order valence-corrected chi connectivity index (χ0v) is 16.0. The van der Waals surface area contributed by atoms with Crippen molar-refractivity contribution in [1.29, 1.82) is 0 Å². The van der Waals surface area contributed by atoms with Crippen molar-refractivity contribution in [1.82, 2.24) is 5.32 Å². The standard InChI is InChI=1S/C20H23NO6/c1-21-14(11-15(22)12-6-7-17(24-2)16(23)8-12)13-9-18(25-3)20(27-5)19(10-13)26-4/h6-11,21,23H,1-5H3. The lowest BCUT2D eigenvalue weighted by molar-refractivity contribution is 0.104. The first-order chi connectivity index (χ1) is 13.0. The van der Waals surface area contributed by atoms with Gasteiger partial charge in [0.05, 0.1) is 28.4 Å². The van der Waals surface area contributed by atoms with Gasteiger partial charge in [-0.15, -0.1) is 0 Å². The largest absolute Gasteiger partial charge is 0.504 e. The Morgan fingerprint density at radius 3 is 1.93 bits per heavy atom. The van der Waals surface area contributed by atoms with Crippen molar-refractivity contribution in [3.8, 4) is 28.7 Å². The zero-order chi connectivity index (χ0) is 20.0. The third kappa shape index (κ3) is 4.25. The van der Waals surface area contributed by atoms with Crippen LogP contribution in [0.15, 0.2) is 36.4 Å². The summed E-state index contributed by atoms with van der Waals surface area (Å²) in [4.78, 5) is 12.6. The van der Waals surface area contributed by atoms with Crippen molar-refractivity contribution in [3.05, 3.63) is 47.5 Å². The molecule has 7 heteroatoms. The second-order valence-corrected chi connectivity index (χ2v) is 5.47. The Kier molecular flexibility index (Phi) is 6.54. The van der Waals surface area contributed by atoms with Gasteiger partial charge in [0.1, 0.15) is 0 Å². The van der Waals surface area contributed by atoms with E-state index in [1.165, 1.54) is 46.6 Å². The van der Waals surface area contributed by atoms with E-state index in [1.54, 1.807) is 25.2 Å². The SMILES string of the molecule is CNC(=CC(=O)c1ccc(OC)c(O)c1)c1cc(OC)c(OC)c(OC)c1. The number of rotatable bonds is 8. The first kappa shape index (κ1) is 20.0. The molecule has 0 fully saturated rings. The molecule has 2 aromatic rings. The molecule has 0 aliphatic carbocycles. The van der Waals surface area contributed by atoms with Crippen molar-refractivity contribution in [2.24, 2.45) is 0 Å². The molecule has 2 N–H and O–H groups in total. The molecule has 0 amide bonds. The quantitative estimate of drug-likeness (QED) is 0.543. The molecule has 0 spiro atoms. The van der Waals surface area contributed by atoms with Crippen molar-refractivity contribution >= 4 is 11.5 Å². The van der Waals surface area contributed by atoms with Gasteiger partial charge in [0.25, 0.3) is 0 Å². The van der Waals surface area contributed by atoms with E-state index in [1.807, 2.05) is 0 Å². The highest BCUT2D eigenvalue weighted by Crippen LogP contribution is 2.39. The van der Waals surface area contributed by atoms with Gasteiger partial charge in [-0.1, -0.05) is 0 Å². The molecule has 0 aliphatic heterocycles. The van der Waals surface area contributed by atoms with Gasteiger partial charge in [-0.2, -0.15) is 0 Å². The first-order valence-corrected chi connectivity index (χ1v) is 8.10. The van der Waals surface area contributed by atoms with Crippen LogP contribution in [0.2, 0.25) is 0 Å². The van der Waals surface area contributed by atoms with Crippen LogP contribution < -0.4 is 24.3 Å². The summed E-state index contributed by atoms with van der Waals surface area (Å²) in [6.07, 6.45) is 1.43. The van der Waals surface area contributed by atoms with Gasteiger partial charge in [-0.3, -0.25) is 4.79 Å². The van der Waals surface area contributed by atoms with Crippen molar-refractivity contribution in [2.75, 3.05) is 35.5 Å². The van der Waals surface area contributed by atoms with Crippen LogP contribution in [0.5, 0.6) is 28.7 Å². The molecule has 0 saturated heterocycles. The van der Waals surface area contributed by atoms with E-state index in [0.29, 0.717) is 39.8 Å². The van der Waals surface area contributed by atoms with Crippen LogP contribution in [0.1, 0.15) is 15.9 Å². The molecule has 0 atom stereocenters. The number of carbonyl (C=O) groups excluding carboxylic acids is 1. The fourth-order valence-corrected chi connectivity index (χ4v) is 2.59. The van der Waals surface area contributed by atoms with Crippen molar-refractivity contribution in [3.63, 3.8) is 0 Å². The number of nitrogens with one attached hydrogen (secondary N) is 1. The number of hydrogen-bond donors (Lipinski definition) is 2. The van der Waals surface area contributed by atoms with Crippen LogP contribution >= 0.6 is 0 Å². The van der Waals surface area contributed by atoms with Gasteiger partial charge in [0, 0.05) is 29.9 Å². The molecule has 2 aromatic carbocycles. The molecule has 0 saturated carbocycles. The Balaban J connectivity index is 2.46. The monoisotopic (exact) mass is 373 g/mol. The van der Waals surface area contributed by atoms with E-state index in [-0.39, 0.29) is 11.5 Å². The number of aromatic hydroxyl groups is 1. The number of hydrogen-bond acceptors (Lipinski definition) is 7. The maximum atomic E-state index is 12.6. The number of ether oxygens (including phenoxy) is 4. The molecule has 2 rings (SSSR count). The Hall–Kier alpha value is -3.35. The van der Waals surface area contributed by atoms with E-state index >= 15 is 0 Å². The molecular weight excluding hydrogens is 350 g/mol. The molecule has 0 radical (unpaired) electrons. The molecule has 144 valence electrons. The van der Waals surface area contributed by atoms with E-state index in [2.05, 4.69) is 5.32 Å². The Bertz CT molecular complexity index is 835. The van der Waals surface area contributed by atoms with Crippen molar-refractivity contribution in [2.45, 2.75) is 0 Å². The third-order valence-corrected chi connectivity index (χ3v) is 3.98. The minimum Gasteiger partial charge on any atom is -0.504 e. The van der Waals surface area contributed by atoms with E-state index in [0.717, 1.165) is 0 Å². The summed E-state index contributed by atoms with van der Waals surface area (Å²) in [5.74, 6) is 1.33. The molecule has 0 bridgehead atoms. The number of ketones is 1. The lowest BCUT2D eigenvalue weighted by atomic mass is 10.0. The van der Waals surface area contributed by atoms with Gasteiger partial charge in [-0.05, 0) is 30.3 Å². The average Bonchev–Trinajstić information content (AvgIpc) is 2.70. The molecular formula is C20H23NO6. The highest BCUT2D eigenvalue weighted by atomic mass is 16.5. The second-order valence-electron chi connectivity index (χ2n) is 5.47. The van der Waals surface area contributed by atoms with E-state index in [4.69, 9.17) is 18.9 Å². The number of allylic oxidation sites excluding steroid dienone is 1. The molecule has 0 heterocycles. The number of carbonyl (C=O) groups is 1. The Labute approximate surface area is 158 Å². The minimum absolute atomic E-state index is 0.101. The zero-order valence-electron chi connectivity index (χ0n) is 16.0. The topological polar surface area (TPSA) is 86.3 Å². The summed E-state index contributed by atoms with van der Waals surface area (Å²) in [6.45, 7) is 0. The van der Waals surface area contributed by atoms with Crippen LogP contribution in [0.25, 0.3) is 5.70 Å². The number of phenolic OH excluding ortho intramolecular Hbond substituents is 1. The summed E-state index contributed by atoms with van der Waals surface area (Å²) in [6, 6.07) is 7.96. The lowest BCUT2D eigenvalue weighted by Crippen LogP contribution is -2.09. The maximum Gasteiger partial charge on any atom is 0.203 e. The van der Waals surface area contributed by atoms with Gasteiger partial charge in [0.15, 0.2) is 28.8 Å². The van der Waals surface area contributed by atoms with Gasteiger partial charge < -0.3 is 29.4 Å². The van der Waals surface area contributed by atoms with Crippen LogP contribution in [0.3, 0.4) is 0 Å². The second kappa shape index (κ2) is 8.84. The molecule has 0 aromatic heterocycles. The molecule has 27 heavy (non-hydrogen) atoms. The summed E-state index contributed by atoms with van der Waals surface area (Å²) in [5, 5.41) is 12.9.